The quantitative estimate of drug-likeness (QED) is 0.776. The Morgan fingerprint density at radius 3 is 2.75 bits per heavy atom. The molecular formula is C19H19ClN4. The summed E-state index contributed by atoms with van der Waals surface area (Å²) >= 11 is 6.39. The first kappa shape index (κ1) is 15.1. The highest BCUT2D eigenvalue weighted by molar-refractivity contribution is 6.32. The number of nitrogens with zero attached hydrogens (tertiary/aromatic N) is 3. The molecule has 4 rings (SSSR count). The van der Waals surface area contributed by atoms with E-state index >= 15 is 0 Å². The fraction of sp³-hybridized carbons (Fsp3) is 0.211. The van der Waals surface area contributed by atoms with Gasteiger partial charge in [-0.25, -0.2) is 4.68 Å². The second kappa shape index (κ2) is 5.87. The molecule has 122 valence electrons. The Bertz CT molecular complexity index is 898. The van der Waals surface area contributed by atoms with Gasteiger partial charge < -0.3 is 10.2 Å². The van der Waals surface area contributed by atoms with Crippen molar-refractivity contribution in [3.05, 3.63) is 59.1 Å². The predicted octanol–water partition coefficient (Wildman–Crippen LogP) is 4.23. The number of halogens is 1. The van der Waals surface area contributed by atoms with Gasteiger partial charge in [-0.15, -0.1) is 0 Å². The van der Waals surface area contributed by atoms with Gasteiger partial charge in [-0.2, -0.15) is 5.10 Å². The van der Waals surface area contributed by atoms with Crippen LogP contribution in [-0.2, 0) is 6.42 Å². The van der Waals surface area contributed by atoms with E-state index in [1.54, 1.807) is 0 Å². The highest BCUT2D eigenvalue weighted by atomic mass is 35.5. The Kier molecular flexibility index (Phi) is 3.69. The van der Waals surface area contributed by atoms with Gasteiger partial charge in [-0.05, 0) is 30.7 Å². The monoisotopic (exact) mass is 338 g/mol. The highest BCUT2D eigenvalue weighted by Crippen LogP contribution is 2.36. The second-order valence-electron chi connectivity index (χ2n) is 6.16. The third kappa shape index (κ3) is 2.43. The largest absolute Gasteiger partial charge is 0.378 e. The molecule has 4 nitrogen and oxygen atoms in total. The van der Waals surface area contributed by atoms with Crippen LogP contribution in [0.25, 0.3) is 16.9 Å². The summed E-state index contributed by atoms with van der Waals surface area (Å²) in [6, 6.07) is 16.3. The number of nitrogens with one attached hydrogen (secondary N) is 1. The zero-order valence-corrected chi connectivity index (χ0v) is 14.5. The van der Waals surface area contributed by atoms with E-state index in [4.69, 9.17) is 16.7 Å². The minimum atomic E-state index is 0.699. The molecular weight excluding hydrogens is 320 g/mol. The molecule has 1 aliphatic rings. The highest BCUT2D eigenvalue weighted by Gasteiger charge is 2.24. The summed E-state index contributed by atoms with van der Waals surface area (Å²) in [7, 11) is 4.10. The van der Waals surface area contributed by atoms with Gasteiger partial charge in [0.25, 0.3) is 0 Å². The van der Waals surface area contributed by atoms with Crippen molar-refractivity contribution in [3.8, 4) is 16.9 Å². The molecule has 0 saturated heterocycles. The van der Waals surface area contributed by atoms with Crippen molar-refractivity contribution in [3.63, 3.8) is 0 Å². The predicted molar refractivity (Wildman–Crippen MR) is 101 cm³/mol. The minimum absolute atomic E-state index is 0.699. The number of benzene rings is 2. The molecule has 0 spiro atoms. The second-order valence-corrected chi connectivity index (χ2v) is 6.57. The molecule has 5 heteroatoms. The smallest absolute Gasteiger partial charge is 0.133 e. The lowest BCUT2D eigenvalue weighted by Crippen LogP contribution is -2.08. The number of aromatic nitrogens is 2. The van der Waals surface area contributed by atoms with Crippen LogP contribution < -0.4 is 10.2 Å². The molecule has 2 heterocycles. The maximum absolute atomic E-state index is 6.39. The molecule has 0 unspecified atom stereocenters. The van der Waals surface area contributed by atoms with Crippen LogP contribution in [0.3, 0.4) is 0 Å². The minimum Gasteiger partial charge on any atom is -0.378 e. The Morgan fingerprint density at radius 1 is 1.12 bits per heavy atom. The Balaban J connectivity index is 1.88. The van der Waals surface area contributed by atoms with Crippen molar-refractivity contribution in [2.75, 3.05) is 30.9 Å². The molecule has 0 amide bonds. The number of fused-ring (bicyclic) bond motifs is 1. The first-order valence-corrected chi connectivity index (χ1v) is 8.41. The van der Waals surface area contributed by atoms with Crippen LogP contribution in [0.5, 0.6) is 0 Å². The third-order valence-electron chi connectivity index (χ3n) is 4.37. The lowest BCUT2D eigenvalue weighted by atomic mass is 10.1. The van der Waals surface area contributed by atoms with E-state index in [2.05, 4.69) is 34.5 Å². The van der Waals surface area contributed by atoms with Crippen molar-refractivity contribution < 1.29 is 0 Å². The fourth-order valence-corrected chi connectivity index (χ4v) is 3.35. The average molecular weight is 339 g/mol. The van der Waals surface area contributed by atoms with Gasteiger partial charge in [0.05, 0.1) is 16.4 Å². The topological polar surface area (TPSA) is 33.1 Å². The van der Waals surface area contributed by atoms with Gasteiger partial charge in [-0.1, -0.05) is 35.9 Å². The van der Waals surface area contributed by atoms with Crippen LogP contribution in [-0.4, -0.2) is 30.4 Å². The molecule has 0 aliphatic carbocycles. The molecule has 0 atom stereocenters. The van der Waals surface area contributed by atoms with Crippen LogP contribution in [0, 0.1) is 0 Å². The normalized spacial score (nSPS) is 12.8. The van der Waals surface area contributed by atoms with Crippen LogP contribution in [0.4, 0.5) is 11.5 Å². The first-order valence-electron chi connectivity index (χ1n) is 8.03. The zero-order valence-electron chi connectivity index (χ0n) is 13.8. The van der Waals surface area contributed by atoms with Crippen LogP contribution in [0.1, 0.15) is 5.56 Å². The van der Waals surface area contributed by atoms with Gasteiger partial charge in [0.2, 0.25) is 0 Å². The molecule has 0 saturated carbocycles. The summed E-state index contributed by atoms with van der Waals surface area (Å²) in [6.07, 6.45) is 0.974. The van der Waals surface area contributed by atoms with Crippen molar-refractivity contribution in [1.29, 1.82) is 0 Å². The number of rotatable bonds is 3. The van der Waals surface area contributed by atoms with E-state index in [0.29, 0.717) is 5.02 Å². The lowest BCUT2D eigenvalue weighted by molar-refractivity contribution is 0.882. The number of hydrogen-bond donors (Lipinski definition) is 1. The van der Waals surface area contributed by atoms with Crippen molar-refractivity contribution in [2.45, 2.75) is 6.42 Å². The molecule has 2 aromatic carbocycles. The number of anilines is 2. The van der Waals surface area contributed by atoms with Gasteiger partial charge in [-0.3, -0.25) is 0 Å². The van der Waals surface area contributed by atoms with E-state index in [1.165, 1.54) is 11.3 Å². The summed E-state index contributed by atoms with van der Waals surface area (Å²) in [5.74, 6) is 1.05. The van der Waals surface area contributed by atoms with Gasteiger partial charge >= 0.3 is 0 Å². The maximum Gasteiger partial charge on any atom is 0.133 e. The summed E-state index contributed by atoms with van der Waals surface area (Å²) in [5, 5.41) is 9.04. The van der Waals surface area contributed by atoms with E-state index in [0.717, 1.165) is 35.7 Å². The maximum atomic E-state index is 6.39. The van der Waals surface area contributed by atoms with Crippen LogP contribution >= 0.6 is 11.6 Å². The summed E-state index contributed by atoms with van der Waals surface area (Å²) < 4.78 is 1.93. The molecule has 3 aromatic rings. The van der Waals surface area contributed by atoms with Crippen molar-refractivity contribution in [2.24, 2.45) is 0 Å². The fourth-order valence-electron chi connectivity index (χ4n) is 3.14. The van der Waals surface area contributed by atoms with Crippen LogP contribution in [0.2, 0.25) is 5.02 Å². The Labute approximate surface area is 146 Å². The molecule has 1 N–H and O–H groups in total. The van der Waals surface area contributed by atoms with Crippen molar-refractivity contribution >= 4 is 23.1 Å². The molecule has 1 aliphatic heterocycles. The van der Waals surface area contributed by atoms with Gasteiger partial charge in [0.15, 0.2) is 0 Å². The molecule has 0 radical (unpaired) electrons. The average Bonchev–Trinajstić information content (AvgIpc) is 3.18. The van der Waals surface area contributed by atoms with E-state index in [-0.39, 0.29) is 0 Å². The lowest BCUT2D eigenvalue weighted by Gasteiger charge is -2.13. The first-order chi connectivity index (χ1) is 11.6. The standard InChI is InChI=1S/C19H19ClN4/c1-23(2)14-7-5-6-13(12-14)18-15-10-11-21-19(15)24(22-18)17-9-4-3-8-16(17)20/h3-9,12,21H,10-11H2,1-2H3. The molecule has 0 fully saturated rings. The molecule has 1 aromatic heterocycles. The number of hydrogen-bond acceptors (Lipinski definition) is 3. The zero-order chi connectivity index (χ0) is 16.7. The molecule has 24 heavy (non-hydrogen) atoms. The summed E-state index contributed by atoms with van der Waals surface area (Å²) in [5.41, 5.74) is 5.48. The van der Waals surface area contributed by atoms with Gasteiger partial charge in [0.1, 0.15) is 5.82 Å². The number of para-hydroxylation sites is 1. The summed E-state index contributed by atoms with van der Waals surface area (Å²) in [6.45, 7) is 0.929. The van der Waals surface area contributed by atoms with Gasteiger partial charge in [0, 0.05) is 37.5 Å². The SMILES string of the molecule is CN(C)c1cccc(-c2nn(-c3ccccc3Cl)c3c2CCN3)c1. The van der Waals surface area contributed by atoms with E-state index < -0.39 is 0 Å². The van der Waals surface area contributed by atoms with E-state index in [9.17, 15) is 0 Å². The Hall–Kier alpha value is -2.46. The van der Waals surface area contributed by atoms with E-state index in [1.807, 2.05) is 43.0 Å². The molecule has 0 bridgehead atoms. The third-order valence-corrected chi connectivity index (χ3v) is 4.69. The van der Waals surface area contributed by atoms with Crippen molar-refractivity contribution in [1.82, 2.24) is 9.78 Å². The summed E-state index contributed by atoms with van der Waals surface area (Å²) in [4.78, 5) is 2.10. The van der Waals surface area contributed by atoms with Crippen LogP contribution in [0.15, 0.2) is 48.5 Å². The Morgan fingerprint density at radius 2 is 1.96 bits per heavy atom.